The van der Waals surface area contributed by atoms with Gasteiger partial charge in [0.25, 0.3) is 0 Å². The van der Waals surface area contributed by atoms with Gasteiger partial charge in [0.1, 0.15) is 0 Å². The van der Waals surface area contributed by atoms with Crippen LogP contribution < -0.4 is 5.32 Å². The molecule has 4 heteroatoms. The zero-order chi connectivity index (χ0) is 12.8. The van der Waals surface area contributed by atoms with E-state index in [0.717, 1.165) is 31.7 Å². The van der Waals surface area contributed by atoms with Gasteiger partial charge in [-0.1, -0.05) is 13.0 Å². The normalized spacial score (nSPS) is 10.8. The lowest BCUT2D eigenvalue weighted by Crippen LogP contribution is -2.15. The van der Waals surface area contributed by atoms with Crippen LogP contribution in [0.3, 0.4) is 0 Å². The second kappa shape index (κ2) is 6.31. The molecular weight excluding hydrogens is 224 g/mol. The van der Waals surface area contributed by atoms with Crippen LogP contribution in [-0.4, -0.2) is 14.5 Å². The first-order valence-corrected chi connectivity index (χ1v) is 6.41. The van der Waals surface area contributed by atoms with E-state index in [0.29, 0.717) is 0 Å². The summed E-state index contributed by atoms with van der Waals surface area (Å²) in [5, 5.41) is 3.42. The summed E-state index contributed by atoms with van der Waals surface area (Å²) in [5.74, 6) is 0. The van der Waals surface area contributed by atoms with Gasteiger partial charge in [-0.25, -0.2) is 4.98 Å². The summed E-state index contributed by atoms with van der Waals surface area (Å²) < 4.78 is 2.19. The lowest BCUT2D eigenvalue weighted by molar-refractivity contribution is 0.600. The summed E-state index contributed by atoms with van der Waals surface area (Å²) in [5.41, 5.74) is 3.50. The molecule has 0 aliphatic carbocycles. The van der Waals surface area contributed by atoms with Gasteiger partial charge in [0.15, 0.2) is 0 Å². The molecule has 2 heterocycles. The largest absolute Gasteiger partial charge is 0.333 e. The van der Waals surface area contributed by atoms with Crippen molar-refractivity contribution in [2.75, 3.05) is 0 Å². The first-order valence-electron chi connectivity index (χ1n) is 6.41. The number of nitrogens with one attached hydrogen (secondary N) is 1. The molecule has 2 aromatic heterocycles. The number of hydrogen-bond acceptors (Lipinski definition) is 3. The smallest absolute Gasteiger partial charge is 0.0948 e. The number of pyridine rings is 1. The van der Waals surface area contributed by atoms with Crippen LogP contribution in [0.5, 0.6) is 0 Å². The molecule has 2 rings (SSSR count). The third-order valence-electron chi connectivity index (χ3n) is 2.87. The number of nitrogens with zero attached hydrogens (tertiary/aromatic N) is 3. The van der Waals surface area contributed by atoms with Crippen LogP contribution in [0, 0.1) is 6.92 Å². The van der Waals surface area contributed by atoms with Gasteiger partial charge >= 0.3 is 0 Å². The Morgan fingerprint density at radius 2 is 2.11 bits per heavy atom. The molecule has 2 aromatic rings. The van der Waals surface area contributed by atoms with E-state index < -0.39 is 0 Å². The molecule has 0 spiro atoms. The topological polar surface area (TPSA) is 42.7 Å². The van der Waals surface area contributed by atoms with Crippen LogP contribution in [-0.2, 0) is 19.6 Å². The van der Waals surface area contributed by atoms with Gasteiger partial charge in [-0.2, -0.15) is 0 Å². The molecule has 0 bridgehead atoms. The molecule has 0 aliphatic rings. The SMILES string of the molecule is CCCn1cncc1CNCc1ccc(C)nc1. The average molecular weight is 244 g/mol. The monoisotopic (exact) mass is 244 g/mol. The molecule has 0 fully saturated rings. The van der Waals surface area contributed by atoms with Gasteiger partial charge in [-0.15, -0.1) is 0 Å². The molecule has 0 amide bonds. The fourth-order valence-corrected chi connectivity index (χ4v) is 1.88. The van der Waals surface area contributed by atoms with Crippen LogP contribution in [0.1, 0.15) is 30.3 Å². The van der Waals surface area contributed by atoms with Crippen LogP contribution >= 0.6 is 0 Å². The van der Waals surface area contributed by atoms with E-state index in [1.165, 1.54) is 11.3 Å². The first kappa shape index (κ1) is 12.8. The Kier molecular flexibility index (Phi) is 4.47. The van der Waals surface area contributed by atoms with Crippen molar-refractivity contribution in [3.05, 3.63) is 47.8 Å². The molecule has 0 atom stereocenters. The minimum absolute atomic E-state index is 0.838. The number of aromatic nitrogens is 3. The third kappa shape index (κ3) is 3.40. The Bertz CT molecular complexity index is 473. The molecule has 0 aliphatic heterocycles. The highest BCUT2D eigenvalue weighted by Crippen LogP contribution is 2.02. The summed E-state index contributed by atoms with van der Waals surface area (Å²) in [6.07, 6.45) is 6.88. The lowest BCUT2D eigenvalue weighted by Gasteiger charge is -2.08. The van der Waals surface area contributed by atoms with Crippen LogP contribution in [0.2, 0.25) is 0 Å². The third-order valence-corrected chi connectivity index (χ3v) is 2.87. The fourth-order valence-electron chi connectivity index (χ4n) is 1.88. The molecule has 0 radical (unpaired) electrons. The number of rotatable bonds is 6. The summed E-state index contributed by atoms with van der Waals surface area (Å²) in [4.78, 5) is 8.47. The molecule has 1 N–H and O–H groups in total. The van der Waals surface area contributed by atoms with E-state index in [4.69, 9.17) is 0 Å². The average Bonchev–Trinajstić information content (AvgIpc) is 2.80. The lowest BCUT2D eigenvalue weighted by atomic mass is 10.2. The van der Waals surface area contributed by atoms with E-state index in [-0.39, 0.29) is 0 Å². The van der Waals surface area contributed by atoms with Gasteiger partial charge < -0.3 is 9.88 Å². The quantitative estimate of drug-likeness (QED) is 0.847. The molecule has 0 saturated carbocycles. The maximum absolute atomic E-state index is 4.28. The molecule has 0 saturated heterocycles. The Morgan fingerprint density at radius 1 is 1.22 bits per heavy atom. The van der Waals surface area contributed by atoms with E-state index in [1.807, 2.05) is 31.7 Å². The maximum atomic E-state index is 4.28. The van der Waals surface area contributed by atoms with E-state index in [1.54, 1.807) is 0 Å². The number of aryl methyl sites for hydroxylation is 2. The maximum Gasteiger partial charge on any atom is 0.0948 e. The highest BCUT2D eigenvalue weighted by molar-refractivity contribution is 5.13. The van der Waals surface area contributed by atoms with Gasteiger partial charge in [-0.05, 0) is 25.0 Å². The van der Waals surface area contributed by atoms with Crippen molar-refractivity contribution in [3.63, 3.8) is 0 Å². The van der Waals surface area contributed by atoms with Crippen LogP contribution in [0.25, 0.3) is 0 Å². The van der Waals surface area contributed by atoms with Crippen LogP contribution in [0.4, 0.5) is 0 Å². The van der Waals surface area contributed by atoms with Crippen molar-refractivity contribution in [1.82, 2.24) is 19.9 Å². The predicted octanol–water partition coefficient (Wildman–Crippen LogP) is 2.29. The van der Waals surface area contributed by atoms with Crippen molar-refractivity contribution in [1.29, 1.82) is 0 Å². The summed E-state index contributed by atoms with van der Waals surface area (Å²) in [6, 6.07) is 4.15. The second-order valence-corrected chi connectivity index (χ2v) is 4.49. The molecular formula is C14H20N4. The Hall–Kier alpha value is -1.68. The number of hydrogen-bond donors (Lipinski definition) is 1. The zero-order valence-electron chi connectivity index (χ0n) is 11.1. The van der Waals surface area contributed by atoms with Crippen LogP contribution in [0.15, 0.2) is 30.9 Å². The predicted molar refractivity (Wildman–Crippen MR) is 72.0 cm³/mol. The van der Waals surface area contributed by atoms with Gasteiger partial charge in [0, 0.05) is 37.7 Å². The number of imidazole rings is 1. The summed E-state index contributed by atoms with van der Waals surface area (Å²) >= 11 is 0. The van der Waals surface area contributed by atoms with E-state index in [9.17, 15) is 0 Å². The molecule has 0 aromatic carbocycles. The molecule has 96 valence electrons. The van der Waals surface area contributed by atoms with Gasteiger partial charge in [-0.3, -0.25) is 4.98 Å². The second-order valence-electron chi connectivity index (χ2n) is 4.49. The summed E-state index contributed by atoms with van der Waals surface area (Å²) in [6.45, 7) is 6.89. The fraction of sp³-hybridized carbons (Fsp3) is 0.429. The van der Waals surface area contributed by atoms with Crippen molar-refractivity contribution in [2.45, 2.75) is 39.9 Å². The minimum atomic E-state index is 0.838. The van der Waals surface area contributed by atoms with Crippen molar-refractivity contribution in [3.8, 4) is 0 Å². The zero-order valence-corrected chi connectivity index (χ0v) is 11.1. The van der Waals surface area contributed by atoms with Gasteiger partial charge in [0.2, 0.25) is 0 Å². The van der Waals surface area contributed by atoms with Gasteiger partial charge in [0.05, 0.1) is 12.0 Å². The highest BCUT2D eigenvalue weighted by Gasteiger charge is 2.00. The van der Waals surface area contributed by atoms with E-state index in [2.05, 4.69) is 32.8 Å². The first-order chi connectivity index (χ1) is 8.79. The van der Waals surface area contributed by atoms with E-state index >= 15 is 0 Å². The van der Waals surface area contributed by atoms with Crippen molar-refractivity contribution in [2.24, 2.45) is 0 Å². The molecule has 4 nitrogen and oxygen atoms in total. The van der Waals surface area contributed by atoms with Crippen molar-refractivity contribution < 1.29 is 0 Å². The Morgan fingerprint density at radius 3 is 2.83 bits per heavy atom. The molecule has 18 heavy (non-hydrogen) atoms. The molecule has 0 unspecified atom stereocenters. The Labute approximate surface area is 108 Å². The minimum Gasteiger partial charge on any atom is -0.333 e. The Balaban J connectivity index is 1.84. The van der Waals surface area contributed by atoms with Crippen molar-refractivity contribution >= 4 is 0 Å². The summed E-state index contributed by atoms with van der Waals surface area (Å²) in [7, 11) is 0. The highest BCUT2D eigenvalue weighted by atomic mass is 15.1. The standard InChI is InChI=1S/C14H20N4/c1-3-6-18-11-16-10-14(18)9-15-7-13-5-4-12(2)17-8-13/h4-5,8,10-11,15H,3,6-7,9H2,1-2H3.